The lowest BCUT2D eigenvalue weighted by Crippen LogP contribution is -2.45. The van der Waals surface area contributed by atoms with Crippen LogP contribution in [0.4, 0.5) is 16.0 Å². The van der Waals surface area contributed by atoms with Crippen LogP contribution in [0.25, 0.3) is 22.6 Å². The van der Waals surface area contributed by atoms with E-state index in [1.54, 1.807) is 42.9 Å². The number of anilines is 2. The first kappa shape index (κ1) is 26.4. The molecule has 0 saturated carbocycles. The number of aromatic nitrogens is 5. The van der Waals surface area contributed by atoms with Gasteiger partial charge in [0.15, 0.2) is 5.82 Å². The summed E-state index contributed by atoms with van der Waals surface area (Å²) in [5, 5.41) is 13.0. The molecule has 0 amide bonds. The van der Waals surface area contributed by atoms with E-state index in [4.69, 9.17) is 14.5 Å². The summed E-state index contributed by atoms with van der Waals surface area (Å²) in [5.74, 6) is -0.589. The number of nitrogens with one attached hydrogen (secondary N) is 2. The number of hydrogen-bond donors (Lipinski definition) is 3. The van der Waals surface area contributed by atoms with Gasteiger partial charge in [0.25, 0.3) is 0 Å². The summed E-state index contributed by atoms with van der Waals surface area (Å²) in [6.07, 6.45) is 7.23. The molecular weight excluding hydrogens is 503 g/mol. The van der Waals surface area contributed by atoms with Gasteiger partial charge in [-0.25, -0.2) is 19.3 Å². The van der Waals surface area contributed by atoms with Crippen LogP contribution in [0.15, 0.2) is 61.1 Å². The van der Waals surface area contributed by atoms with Crippen LogP contribution in [-0.2, 0) is 14.3 Å². The molecular formula is C28H29FN6O4. The first-order chi connectivity index (χ1) is 19.0. The van der Waals surface area contributed by atoms with Crippen LogP contribution >= 0.6 is 0 Å². The number of unbranched alkanes of at least 4 members (excludes halogenated alkanes) is 2. The van der Waals surface area contributed by atoms with E-state index in [-0.39, 0.29) is 19.0 Å². The third-order valence-corrected chi connectivity index (χ3v) is 6.63. The number of H-pyrrole nitrogens is 1. The fourth-order valence-corrected chi connectivity index (χ4v) is 4.44. The summed E-state index contributed by atoms with van der Waals surface area (Å²) >= 11 is 0. The second-order valence-corrected chi connectivity index (χ2v) is 9.48. The van der Waals surface area contributed by atoms with Gasteiger partial charge in [-0.15, -0.1) is 0 Å². The van der Waals surface area contributed by atoms with E-state index in [1.807, 2.05) is 6.07 Å². The topological polar surface area (TPSA) is 135 Å². The van der Waals surface area contributed by atoms with E-state index >= 15 is 0 Å². The Morgan fingerprint density at radius 3 is 2.62 bits per heavy atom. The lowest BCUT2D eigenvalue weighted by molar-refractivity contribution is -0.241. The molecule has 3 N–H and O–H groups in total. The van der Waals surface area contributed by atoms with Gasteiger partial charge in [0.1, 0.15) is 11.2 Å². The van der Waals surface area contributed by atoms with Crippen molar-refractivity contribution in [1.29, 1.82) is 0 Å². The number of ether oxygens (including phenoxy) is 2. The normalized spacial score (nSPS) is 19.1. The number of pyridine rings is 1. The number of aliphatic carboxylic acids is 1. The van der Waals surface area contributed by atoms with Gasteiger partial charge in [0.2, 0.25) is 12.2 Å². The highest BCUT2D eigenvalue weighted by Gasteiger charge is 2.44. The van der Waals surface area contributed by atoms with Crippen LogP contribution in [0.1, 0.15) is 44.7 Å². The zero-order valence-corrected chi connectivity index (χ0v) is 21.4. The van der Waals surface area contributed by atoms with E-state index < -0.39 is 17.7 Å². The van der Waals surface area contributed by atoms with Gasteiger partial charge in [-0.05, 0) is 48.9 Å². The van der Waals surface area contributed by atoms with Crippen molar-refractivity contribution in [3.8, 4) is 22.6 Å². The quantitative estimate of drug-likeness (QED) is 0.226. The summed E-state index contributed by atoms with van der Waals surface area (Å²) < 4.78 is 25.5. The second-order valence-electron chi connectivity index (χ2n) is 9.48. The minimum atomic E-state index is -1.10. The van der Waals surface area contributed by atoms with Gasteiger partial charge in [-0.1, -0.05) is 26.2 Å². The van der Waals surface area contributed by atoms with E-state index in [0.29, 0.717) is 40.8 Å². The van der Waals surface area contributed by atoms with Crippen LogP contribution in [-0.4, -0.2) is 49.2 Å². The summed E-state index contributed by atoms with van der Waals surface area (Å²) in [4.78, 5) is 33.1. The van der Waals surface area contributed by atoms with Gasteiger partial charge >= 0.3 is 5.97 Å². The Morgan fingerprint density at radius 1 is 1.13 bits per heavy atom. The van der Waals surface area contributed by atoms with Crippen molar-refractivity contribution >= 4 is 17.6 Å². The smallest absolute Gasteiger partial charge is 0.314 e. The molecule has 11 heteroatoms. The number of imidazole rings is 1. The van der Waals surface area contributed by atoms with Gasteiger partial charge in [0, 0.05) is 18.0 Å². The van der Waals surface area contributed by atoms with E-state index in [1.165, 1.54) is 12.1 Å². The highest BCUT2D eigenvalue weighted by Crippen LogP contribution is 2.38. The fourth-order valence-electron chi connectivity index (χ4n) is 4.44. The van der Waals surface area contributed by atoms with Crippen molar-refractivity contribution in [2.24, 2.45) is 5.41 Å². The van der Waals surface area contributed by atoms with E-state index in [9.17, 15) is 14.3 Å². The van der Waals surface area contributed by atoms with Gasteiger partial charge in [-0.2, -0.15) is 0 Å². The average molecular weight is 533 g/mol. The molecule has 1 aromatic carbocycles. The lowest BCUT2D eigenvalue weighted by atomic mass is 9.83. The van der Waals surface area contributed by atoms with Gasteiger partial charge in [-0.3, -0.25) is 9.78 Å². The highest BCUT2D eigenvalue weighted by molar-refractivity contribution is 5.77. The molecule has 1 saturated heterocycles. The predicted molar refractivity (Wildman–Crippen MR) is 141 cm³/mol. The molecule has 202 valence electrons. The van der Waals surface area contributed by atoms with Crippen LogP contribution < -0.4 is 5.32 Å². The second kappa shape index (κ2) is 11.7. The molecule has 3 aromatic heterocycles. The predicted octanol–water partition coefficient (Wildman–Crippen LogP) is 5.51. The maximum atomic E-state index is 13.7. The first-order valence-corrected chi connectivity index (χ1v) is 12.8. The third kappa shape index (κ3) is 5.94. The van der Waals surface area contributed by atoms with Crippen molar-refractivity contribution in [1.82, 2.24) is 24.9 Å². The number of hydrogen-bond acceptors (Lipinski definition) is 8. The van der Waals surface area contributed by atoms with E-state index in [2.05, 4.69) is 32.2 Å². The summed E-state index contributed by atoms with van der Waals surface area (Å²) in [6, 6.07) is 11.3. The van der Waals surface area contributed by atoms with Crippen molar-refractivity contribution in [3.63, 3.8) is 0 Å². The molecule has 4 heterocycles. The molecule has 1 aliphatic rings. The molecule has 0 aliphatic carbocycles. The van der Waals surface area contributed by atoms with Crippen molar-refractivity contribution in [3.05, 3.63) is 72.7 Å². The molecule has 39 heavy (non-hydrogen) atoms. The largest absolute Gasteiger partial charge is 0.481 e. The number of carboxylic acids is 1. The first-order valence-electron chi connectivity index (χ1n) is 12.8. The Balaban J connectivity index is 1.44. The zero-order chi connectivity index (χ0) is 27.2. The van der Waals surface area contributed by atoms with Gasteiger partial charge in [0.05, 0.1) is 42.2 Å². The molecule has 5 rings (SSSR count). The monoisotopic (exact) mass is 532 g/mol. The summed E-state index contributed by atoms with van der Waals surface area (Å²) in [6.45, 7) is 2.08. The fraction of sp³-hybridized carbons (Fsp3) is 0.321. The Hall–Kier alpha value is -4.22. The number of carboxylic acid groups (broad SMARTS) is 1. The minimum Gasteiger partial charge on any atom is -0.481 e. The third-order valence-electron chi connectivity index (χ3n) is 6.63. The van der Waals surface area contributed by atoms with Crippen LogP contribution in [0.3, 0.4) is 0 Å². The maximum absolute atomic E-state index is 13.7. The van der Waals surface area contributed by atoms with Crippen molar-refractivity contribution < 1.29 is 23.8 Å². The maximum Gasteiger partial charge on any atom is 0.314 e. The van der Waals surface area contributed by atoms with Gasteiger partial charge < -0.3 is 24.9 Å². The van der Waals surface area contributed by atoms with Crippen LogP contribution in [0, 0.1) is 11.2 Å². The molecule has 0 spiro atoms. The molecule has 4 aromatic rings. The molecule has 0 atom stereocenters. The summed E-state index contributed by atoms with van der Waals surface area (Å²) in [5.41, 5.74) is 1.89. The molecule has 0 radical (unpaired) electrons. The Bertz CT molecular complexity index is 1410. The Labute approximate surface area is 224 Å². The SMILES string of the molecule is CCCCCC1(C(=O)O)COC(c2nc(-c3ccc(F)cc3)c(-c3ccnc(Nc4cccnc4)n3)[nH]2)OC1. The number of aromatic amines is 1. The minimum absolute atomic E-state index is 0.00527. The standard InChI is InChI=1S/C28H29FN6O4/c1-2-3-4-12-28(26(36)37)16-38-25(39-17-28)24-34-22(18-7-9-19(29)10-8-18)23(35-24)21-11-14-31-27(33-21)32-20-6-5-13-30-15-20/h5-11,13-15,25H,2-4,12,16-17H2,1H3,(H,34,35)(H,36,37)(H,31,32,33). The highest BCUT2D eigenvalue weighted by atomic mass is 19.1. The lowest BCUT2D eigenvalue weighted by Gasteiger charge is -2.36. The van der Waals surface area contributed by atoms with Crippen LogP contribution in [0.2, 0.25) is 0 Å². The molecule has 10 nitrogen and oxygen atoms in total. The number of carbonyl (C=O) groups is 1. The van der Waals surface area contributed by atoms with E-state index in [0.717, 1.165) is 24.9 Å². The van der Waals surface area contributed by atoms with Crippen LogP contribution in [0.5, 0.6) is 0 Å². The number of rotatable bonds is 10. The molecule has 1 aliphatic heterocycles. The van der Waals surface area contributed by atoms with Crippen molar-refractivity contribution in [2.45, 2.75) is 38.9 Å². The number of nitrogens with zero attached hydrogens (tertiary/aromatic N) is 4. The number of benzene rings is 1. The Kier molecular flexibility index (Phi) is 7.89. The zero-order valence-electron chi connectivity index (χ0n) is 21.4. The summed E-state index contributed by atoms with van der Waals surface area (Å²) in [7, 11) is 0. The number of halogens is 1. The molecule has 1 fully saturated rings. The molecule has 0 bridgehead atoms. The Morgan fingerprint density at radius 2 is 1.92 bits per heavy atom. The average Bonchev–Trinajstić information content (AvgIpc) is 3.40. The molecule has 0 unspecified atom stereocenters. The van der Waals surface area contributed by atoms with Crippen molar-refractivity contribution in [2.75, 3.05) is 18.5 Å².